The van der Waals surface area contributed by atoms with Crippen molar-refractivity contribution in [2.45, 2.75) is 37.0 Å². The van der Waals surface area contributed by atoms with E-state index < -0.39 is 26.6 Å². The Bertz CT molecular complexity index is 1640. The van der Waals surface area contributed by atoms with Gasteiger partial charge in [-0.1, -0.05) is 25.3 Å². The zero-order valence-electron chi connectivity index (χ0n) is 22.2. The molecule has 0 radical (unpaired) electrons. The Morgan fingerprint density at radius 1 is 0.900 bits per heavy atom. The third-order valence-corrected chi connectivity index (χ3v) is 8.53. The maximum Gasteiger partial charge on any atom is 0.264 e. The highest BCUT2D eigenvalue weighted by Crippen LogP contribution is 2.37. The monoisotopic (exact) mass is 568 g/mol. The highest BCUT2D eigenvalue weighted by atomic mass is 32.2. The Morgan fingerprint density at radius 2 is 1.70 bits per heavy atom. The second kappa shape index (κ2) is 11.6. The van der Waals surface area contributed by atoms with Crippen molar-refractivity contribution in [1.82, 2.24) is 9.97 Å². The van der Waals surface area contributed by atoms with Crippen LogP contribution in [0.2, 0.25) is 0 Å². The van der Waals surface area contributed by atoms with Crippen LogP contribution in [0.4, 0.5) is 20.2 Å². The first kappa shape index (κ1) is 27.6. The van der Waals surface area contributed by atoms with Crippen molar-refractivity contribution >= 4 is 32.3 Å². The maximum atomic E-state index is 14.3. The number of halogens is 2. The van der Waals surface area contributed by atoms with Gasteiger partial charge in [-0.25, -0.2) is 22.2 Å². The summed E-state index contributed by atoms with van der Waals surface area (Å²) in [4.78, 5) is 8.15. The zero-order valence-corrected chi connectivity index (χ0v) is 23.0. The molecule has 1 fully saturated rings. The van der Waals surface area contributed by atoms with Crippen LogP contribution in [0.15, 0.2) is 59.8 Å². The summed E-state index contributed by atoms with van der Waals surface area (Å²) < 4.78 is 66.8. The fourth-order valence-electron chi connectivity index (χ4n) is 5.08. The number of benzene rings is 2. The maximum absolute atomic E-state index is 14.3. The molecule has 5 rings (SSSR count). The highest BCUT2D eigenvalue weighted by Gasteiger charge is 2.23. The van der Waals surface area contributed by atoms with Crippen molar-refractivity contribution in [3.63, 3.8) is 0 Å². The number of fused-ring (bicyclic) bond motifs is 1. The van der Waals surface area contributed by atoms with E-state index in [1.54, 1.807) is 19.5 Å². The molecule has 0 unspecified atom stereocenters. The second-order valence-corrected chi connectivity index (χ2v) is 11.4. The van der Waals surface area contributed by atoms with Crippen LogP contribution in [0, 0.1) is 17.6 Å². The summed E-state index contributed by atoms with van der Waals surface area (Å²) in [5, 5.41) is 4.29. The lowest BCUT2D eigenvalue weighted by Gasteiger charge is -2.23. The minimum absolute atomic E-state index is 0.00295. The molecule has 1 saturated carbocycles. The molecule has 1 aliphatic carbocycles. The van der Waals surface area contributed by atoms with Gasteiger partial charge in [-0.2, -0.15) is 0 Å². The molecule has 8 nitrogen and oxygen atoms in total. The molecule has 1 aliphatic rings. The number of pyridine rings is 2. The quantitative estimate of drug-likeness (QED) is 0.241. The Morgan fingerprint density at radius 3 is 2.42 bits per heavy atom. The SMILES string of the molecule is COc1ncc(-c2ccc3ncc(NCC4CCCCC4)c(OC)c3c2)cc1NS(=O)(=O)c1ccc(F)cc1F. The van der Waals surface area contributed by atoms with Crippen molar-refractivity contribution in [1.29, 1.82) is 0 Å². The largest absolute Gasteiger partial charge is 0.494 e. The van der Waals surface area contributed by atoms with Gasteiger partial charge in [-0.3, -0.25) is 9.71 Å². The predicted molar refractivity (Wildman–Crippen MR) is 150 cm³/mol. The van der Waals surface area contributed by atoms with Gasteiger partial charge in [-0.15, -0.1) is 0 Å². The molecular weight excluding hydrogens is 538 g/mol. The van der Waals surface area contributed by atoms with Crippen molar-refractivity contribution in [3.05, 3.63) is 66.5 Å². The van der Waals surface area contributed by atoms with E-state index in [0.717, 1.165) is 40.8 Å². The Hall–Kier alpha value is -3.99. The lowest BCUT2D eigenvalue weighted by atomic mass is 9.89. The fourth-order valence-corrected chi connectivity index (χ4v) is 6.19. The van der Waals surface area contributed by atoms with Crippen molar-refractivity contribution < 1.29 is 26.7 Å². The number of aromatic nitrogens is 2. The molecule has 2 aromatic carbocycles. The molecule has 4 aromatic rings. The number of methoxy groups -OCH3 is 2. The number of nitrogens with one attached hydrogen (secondary N) is 2. The highest BCUT2D eigenvalue weighted by molar-refractivity contribution is 7.92. The van der Waals surface area contributed by atoms with E-state index in [4.69, 9.17) is 9.47 Å². The first-order valence-corrected chi connectivity index (χ1v) is 14.5. The first-order valence-electron chi connectivity index (χ1n) is 13.0. The first-order chi connectivity index (χ1) is 19.3. The summed E-state index contributed by atoms with van der Waals surface area (Å²) in [6.45, 7) is 0.851. The lowest BCUT2D eigenvalue weighted by Crippen LogP contribution is -2.17. The van der Waals surface area contributed by atoms with Gasteiger partial charge in [0.25, 0.3) is 10.0 Å². The minimum Gasteiger partial charge on any atom is -0.494 e. The van der Waals surface area contributed by atoms with E-state index in [0.29, 0.717) is 23.3 Å². The summed E-state index contributed by atoms with van der Waals surface area (Å²) in [6.07, 6.45) is 9.56. The fraction of sp³-hybridized carbons (Fsp3) is 0.310. The van der Waals surface area contributed by atoms with Crippen LogP contribution in [0.5, 0.6) is 11.6 Å². The van der Waals surface area contributed by atoms with E-state index in [1.807, 2.05) is 18.2 Å². The van der Waals surface area contributed by atoms with Gasteiger partial charge in [0.2, 0.25) is 5.88 Å². The normalized spacial score (nSPS) is 14.2. The third kappa shape index (κ3) is 5.79. The van der Waals surface area contributed by atoms with Crippen LogP contribution >= 0.6 is 0 Å². The van der Waals surface area contributed by atoms with Gasteiger partial charge in [0.05, 0.1) is 31.6 Å². The molecule has 2 N–H and O–H groups in total. The summed E-state index contributed by atoms with van der Waals surface area (Å²) in [5.74, 6) is -0.818. The smallest absolute Gasteiger partial charge is 0.264 e. The van der Waals surface area contributed by atoms with Gasteiger partial charge < -0.3 is 14.8 Å². The van der Waals surface area contributed by atoms with Crippen LogP contribution in [0.25, 0.3) is 22.0 Å². The number of rotatable bonds is 9. The number of hydrogen-bond acceptors (Lipinski definition) is 7. The molecule has 0 bridgehead atoms. The van der Waals surface area contributed by atoms with Gasteiger partial charge in [0.1, 0.15) is 22.2 Å². The number of ether oxygens (including phenoxy) is 2. The molecule has 2 heterocycles. The average molecular weight is 569 g/mol. The van der Waals surface area contributed by atoms with E-state index in [1.165, 1.54) is 45.3 Å². The summed E-state index contributed by atoms with van der Waals surface area (Å²) in [5.41, 5.74) is 2.83. The third-order valence-electron chi connectivity index (χ3n) is 7.13. The van der Waals surface area contributed by atoms with Crippen molar-refractivity contribution in [2.24, 2.45) is 5.92 Å². The molecule has 0 amide bonds. The Labute approximate surface area is 231 Å². The average Bonchev–Trinajstić information content (AvgIpc) is 2.95. The Balaban J connectivity index is 1.48. The number of anilines is 2. The summed E-state index contributed by atoms with van der Waals surface area (Å²) >= 11 is 0. The predicted octanol–water partition coefficient (Wildman–Crippen LogP) is 6.39. The van der Waals surface area contributed by atoms with Gasteiger partial charge in [0, 0.05) is 29.8 Å². The van der Waals surface area contributed by atoms with Gasteiger partial charge >= 0.3 is 0 Å². The Kier molecular flexibility index (Phi) is 8.02. The van der Waals surface area contributed by atoms with E-state index in [-0.39, 0.29) is 11.6 Å². The van der Waals surface area contributed by atoms with Crippen LogP contribution in [-0.4, -0.2) is 39.2 Å². The molecule has 210 valence electrons. The van der Waals surface area contributed by atoms with E-state index >= 15 is 0 Å². The van der Waals surface area contributed by atoms with Crippen molar-refractivity contribution in [2.75, 3.05) is 30.8 Å². The number of nitrogens with zero attached hydrogens (tertiary/aromatic N) is 2. The zero-order chi connectivity index (χ0) is 28.3. The van der Waals surface area contributed by atoms with E-state index in [2.05, 4.69) is 20.0 Å². The summed E-state index contributed by atoms with van der Waals surface area (Å²) in [6, 6.07) is 9.36. The van der Waals surface area contributed by atoms with Crippen LogP contribution in [0.1, 0.15) is 32.1 Å². The molecule has 11 heteroatoms. The molecule has 0 spiro atoms. The number of hydrogen-bond donors (Lipinski definition) is 2. The van der Waals surface area contributed by atoms with Gasteiger partial charge in [0.15, 0.2) is 5.75 Å². The van der Waals surface area contributed by atoms with E-state index in [9.17, 15) is 17.2 Å². The minimum atomic E-state index is -4.41. The molecule has 0 saturated heterocycles. The molecule has 0 aliphatic heterocycles. The number of sulfonamides is 1. The van der Waals surface area contributed by atoms with Gasteiger partial charge in [-0.05, 0) is 54.7 Å². The second-order valence-electron chi connectivity index (χ2n) is 9.78. The molecule has 2 aromatic heterocycles. The topological polar surface area (TPSA) is 102 Å². The summed E-state index contributed by atoms with van der Waals surface area (Å²) in [7, 11) is -1.45. The standard InChI is InChI=1S/C29H30F2N4O4S/c1-38-28-22-12-19(8-10-24(22)33-17-26(28)32-15-18-6-4-3-5-7-18)20-13-25(29(39-2)34-16-20)35-40(36,37)27-11-9-21(30)14-23(27)31/h8-14,16-18,32,35H,3-7,15H2,1-2H3. The van der Waals surface area contributed by atoms with Crippen molar-refractivity contribution in [3.8, 4) is 22.8 Å². The van der Waals surface area contributed by atoms with Crippen LogP contribution < -0.4 is 19.5 Å². The van der Waals surface area contributed by atoms with Crippen LogP contribution in [0.3, 0.4) is 0 Å². The molecule has 0 atom stereocenters. The lowest BCUT2D eigenvalue weighted by molar-refractivity contribution is 0.372. The molecular formula is C29H30F2N4O4S. The van der Waals surface area contributed by atoms with Crippen LogP contribution in [-0.2, 0) is 10.0 Å². The molecule has 40 heavy (non-hydrogen) atoms.